The Hall–Kier alpha value is -2.28. The molecule has 0 spiro atoms. The number of carbonyl (C=O) groups is 2. The maximum atomic E-state index is 11.5. The van der Waals surface area contributed by atoms with Gasteiger partial charge < -0.3 is 15.4 Å². The second-order valence-corrected chi connectivity index (χ2v) is 4.88. The van der Waals surface area contributed by atoms with E-state index in [2.05, 4.69) is 10.2 Å². The number of piperazine rings is 1. The van der Waals surface area contributed by atoms with Gasteiger partial charge in [-0.15, -0.1) is 0 Å². The zero-order chi connectivity index (χ0) is 15.2. The minimum Gasteiger partial charge on any atom is -0.497 e. The smallest absolute Gasteiger partial charge is 0.318 e. The average Bonchev–Trinajstić information content (AvgIpc) is 2.47. The number of carbonyl (C=O) groups excluding carboxylic acids is 2. The van der Waals surface area contributed by atoms with Gasteiger partial charge in [-0.2, -0.15) is 0 Å². The third-order valence-electron chi connectivity index (χ3n) is 3.42. The van der Waals surface area contributed by atoms with Crippen molar-refractivity contribution < 1.29 is 14.3 Å². The number of primary amides is 1. The van der Waals surface area contributed by atoms with Crippen molar-refractivity contribution in [2.45, 2.75) is 0 Å². The minimum atomic E-state index is -0.810. The number of amides is 3. The zero-order valence-electron chi connectivity index (χ0n) is 12.0. The molecule has 0 bridgehead atoms. The predicted octanol–water partition coefficient (Wildman–Crippen LogP) is 0.0121. The van der Waals surface area contributed by atoms with Crippen LogP contribution in [0, 0.1) is 0 Å². The van der Waals surface area contributed by atoms with Gasteiger partial charge in [0.25, 0.3) is 0 Å². The Morgan fingerprint density at radius 2 is 2.00 bits per heavy atom. The number of methoxy groups -OCH3 is 1. The van der Waals surface area contributed by atoms with Crippen LogP contribution in [-0.2, 0) is 4.79 Å². The Kier molecular flexibility index (Phi) is 4.99. The molecule has 3 N–H and O–H groups in total. The second-order valence-electron chi connectivity index (χ2n) is 4.88. The third kappa shape index (κ3) is 4.35. The lowest BCUT2D eigenvalue weighted by molar-refractivity contribution is -0.121. The van der Waals surface area contributed by atoms with Crippen LogP contribution in [0.3, 0.4) is 0 Å². The lowest BCUT2D eigenvalue weighted by atomic mass is 10.2. The molecule has 7 heteroatoms. The molecular formula is C14H20N4O3. The van der Waals surface area contributed by atoms with E-state index in [1.54, 1.807) is 7.11 Å². The van der Waals surface area contributed by atoms with Crippen LogP contribution in [0.15, 0.2) is 24.3 Å². The van der Waals surface area contributed by atoms with Gasteiger partial charge >= 0.3 is 6.03 Å². The van der Waals surface area contributed by atoms with Gasteiger partial charge in [-0.1, -0.05) is 6.07 Å². The Bertz CT molecular complexity index is 513. The molecule has 114 valence electrons. The Labute approximate surface area is 123 Å². The fourth-order valence-corrected chi connectivity index (χ4v) is 2.35. The summed E-state index contributed by atoms with van der Waals surface area (Å²) in [5, 5.41) is 2.08. The van der Waals surface area contributed by atoms with E-state index in [1.807, 2.05) is 29.2 Å². The summed E-state index contributed by atoms with van der Waals surface area (Å²) in [6, 6.07) is 7.09. The molecule has 2 rings (SSSR count). The largest absolute Gasteiger partial charge is 0.497 e. The van der Waals surface area contributed by atoms with Gasteiger partial charge in [0.05, 0.1) is 13.7 Å². The molecule has 3 amide bonds. The number of hydrogen-bond acceptors (Lipinski definition) is 5. The van der Waals surface area contributed by atoms with Crippen LogP contribution in [0.2, 0.25) is 0 Å². The first-order chi connectivity index (χ1) is 10.1. The maximum absolute atomic E-state index is 11.5. The van der Waals surface area contributed by atoms with Crippen LogP contribution in [0.1, 0.15) is 0 Å². The topological polar surface area (TPSA) is 87.9 Å². The molecule has 0 saturated carbocycles. The first-order valence-corrected chi connectivity index (χ1v) is 6.79. The highest BCUT2D eigenvalue weighted by molar-refractivity contribution is 5.94. The molecule has 0 radical (unpaired) electrons. The van der Waals surface area contributed by atoms with Crippen LogP contribution in [0.4, 0.5) is 10.5 Å². The van der Waals surface area contributed by atoms with Crippen molar-refractivity contribution in [3.05, 3.63) is 24.3 Å². The maximum Gasteiger partial charge on any atom is 0.318 e. The molecule has 0 atom stereocenters. The summed E-state index contributed by atoms with van der Waals surface area (Å²) >= 11 is 0. The van der Waals surface area contributed by atoms with Gasteiger partial charge in [0.1, 0.15) is 5.75 Å². The number of nitrogens with zero attached hydrogens (tertiary/aromatic N) is 2. The molecule has 1 aliphatic heterocycles. The van der Waals surface area contributed by atoms with Crippen molar-refractivity contribution in [1.82, 2.24) is 10.2 Å². The average molecular weight is 292 g/mol. The first kappa shape index (κ1) is 15.1. The molecular weight excluding hydrogens is 272 g/mol. The van der Waals surface area contributed by atoms with E-state index in [0.29, 0.717) is 0 Å². The molecule has 7 nitrogen and oxygen atoms in total. The van der Waals surface area contributed by atoms with Crippen LogP contribution < -0.4 is 20.7 Å². The zero-order valence-corrected chi connectivity index (χ0v) is 12.0. The highest BCUT2D eigenvalue weighted by atomic mass is 16.5. The second kappa shape index (κ2) is 6.94. The monoisotopic (exact) mass is 292 g/mol. The molecule has 0 aromatic heterocycles. The van der Waals surface area contributed by atoms with Gasteiger partial charge in [-0.3, -0.25) is 15.0 Å². The molecule has 0 unspecified atom stereocenters. The van der Waals surface area contributed by atoms with E-state index in [1.165, 1.54) is 0 Å². The molecule has 1 aromatic carbocycles. The van der Waals surface area contributed by atoms with E-state index < -0.39 is 6.03 Å². The predicted molar refractivity (Wildman–Crippen MR) is 79.4 cm³/mol. The van der Waals surface area contributed by atoms with E-state index in [0.717, 1.165) is 37.6 Å². The lowest BCUT2D eigenvalue weighted by Gasteiger charge is -2.35. The number of urea groups is 1. The van der Waals surface area contributed by atoms with E-state index in [4.69, 9.17) is 10.5 Å². The summed E-state index contributed by atoms with van der Waals surface area (Å²) in [4.78, 5) is 26.3. The third-order valence-corrected chi connectivity index (χ3v) is 3.42. The Balaban J connectivity index is 1.85. The summed E-state index contributed by atoms with van der Waals surface area (Å²) in [5.74, 6) is 0.466. The van der Waals surface area contributed by atoms with Crippen molar-refractivity contribution in [3.8, 4) is 5.75 Å². The molecule has 1 heterocycles. The number of benzene rings is 1. The normalized spacial score (nSPS) is 15.6. The number of anilines is 1. The molecule has 1 aliphatic rings. The fraction of sp³-hybridized carbons (Fsp3) is 0.429. The number of hydrogen-bond donors (Lipinski definition) is 2. The van der Waals surface area contributed by atoms with Crippen molar-refractivity contribution >= 4 is 17.6 Å². The van der Waals surface area contributed by atoms with Crippen LogP contribution in [0.25, 0.3) is 0 Å². The summed E-state index contributed by atoms with van der Waals surface area (Å²) < 4.78 is 5.22. The summed E-state index contributed by atoms with van der Waals surface area (Å²) in [5.41, 5.74) is 6.02. The standard InChI is InChI=1S/C14H20N4O3/c1-21-12-4-2-3-11(9-12)18-7-5-17(6-8-18)10-13(19)16-14(15)20/h2-4,9H,5-8,10H2,1H3,(H3,15,16,19,20). The van der Waals surface area contributed by atoms with Crippen LogP contribution >= 0.6 is 0 Å². The highest BCUT2D eigenvalue weighted by Crippen LogP contribution is 2.21. The van der Waals surface area contributed by atoms with Gasteiger partial charge in [-0.25, -0.2) is 4.79 Å². The molecule has 0 aliphatic carbocycles. The van der Waals surface area contributed by atoms with E-state index >= 15 is 0 Å². The lowest BCUT2D eigenvalue weighted by Crippen LogP contribution is -2.50. The number of imide groups is 1. The summed E-state index contributed by atoms with van der Waals surface area (Å²) in [7, 11) is 1.65. The number of nitrogens with two attached hydrogens (primary N) is 1. The van der Waals surface area contributed by atoms with Gasteiger partial charge in [0.2, 0.25) is 5.91 Å². The Morgan fingerprint density at radius 3 is 2.62 bits per heavy atom. The van der Waals surface area contributed by atoms with Crippen molar-refractivity contribution in [2.24, 2.45) is 5.73 Å². The number of ether oxygens (including phenoxy) is 1. The quantitative estimate of drug-likeness (QED) is 0.816. The van der Waals surface area contributed by atoms with Gasteiger partial charge in [-0.05, 0) is 12.1 Å². The van der Waals surface area contributed by atoms with E-state index in [9.17, 15) is 9.59 Å². The number of nitrogens with one attached hydrogen (secondary N) is 1. The van der Waals surface area contributed by atoms with E-state index in [-0.39, 0.29) is 12.5 Å². The minimum absolute atomic E-state index is 0.189. The fourth-order valence-electron chi connectivity index (χ4n) is 2.35. The van der Waals surface area contributed by atoms with Crippen molar-refractivity contribution in [1.29, 1.82) is 0 Å². The number of rotatable bonds is 4. The van der Waals surface area contributed by atoms with Crippen molar-refractivity contribution in [2.75, 3.05) is 44.7 Å². The van der Waals surface area contributed by atoms with Crippen LogP contribution in [0.5, 0.6) is 5.75 Å². The van der Waals surface area contributed by atoms with Crippen molar-refractivity contribution in [3.63, 3.8) is 0 Å². The molecule has 21 heavy (non-hydrogen) atoms. The summed E-state index contributed by atoms with van der Waals surface area (Å²) in [6.45, 7) is 3.33. The Morgan fingerprint density at radius 1 is 1.29 bits per heavy atom. The summed E-state index contributed by atoms with van der Waals surface area (Å²) in [6.07, 6.45) is 0. The SMILES string of the molecule is COc1cccc(N2CCN(CC(=O)NC(N)=O)CC2)c1. The molecule has 1 aromatic rings. The first-order valence-electron chi connectivity index (χ1n) is 6.79. The van der Waals surface area contributed by atoms with Gasteiger partial charge in [0, 0.05) is 37.9 Å². The highest BCUT2D eigenvalue weighted by Gasteiger charge is 2.19. The van der Waals surface area contributed by atoms with Crippen LogP contribution in [-0.4, -0.2) is 56.7 Å². The molecule has 1 fully saturated rings. The molecule has 1 saturated heterocycles. The van der Waals surface area contributed by atoms with Gasteiger partial charge in [0.15, 0.2) is 0 Å².